The summed E-state index contributed by atoms with van der Waals surface area (Å²) < 4.78 is 36.8. The van der Waals surface area contributed by atoms with Gasteiger partial charge in [0.25, 0.3) is 0 Å². The van der Waals surface area contributed by atoms with Gasteiger partial charge in [-0.15, -0.1) is 0 Å². The largest absolute Gasteiger partial charge is 0.473 e. The van der Waals surface area contributed by atoms with Gasteiger partial charge in [0.15, 0.2) is 5.52 Å². The number of hydrogen-bond acceptors (Lipinski definition) is 8. The highest BCUT2D eigenvalue weighted by atomic mass is 32.2. The van der Waals surface area contributed by atoms with Crippen LogP contribution in [0.3, 0.4) is 0 Å². The minimum Gasteiger partial charge on any atom is -0.473 e. The van der Waals surface area contributed by atoms with E-state index in [1.54, 1.807) is 12.4 Å². The van der Waals surface area contributed by atoms with E-state index in [1.165, 1.54) is 10.6 Å². The van der Waals surface area contributed by atoms with E-state index in [0.717, 1.165) is 11.1 Å². The molecule has 3 aromatic rings. The predicted octanol–water partition coefficient (Wildman–Crippen LogP) is 2.53. The molecule has 2 aromatic heterocycles. The van der Waals surface area contributed by atoms with Crippen LogP contribution in [0.1, 0.15) is 25.5 Å². The Hall–Kier alpha value is -2.31. The average molecular weight is 507 g/mol. The number of ether oxygens (including phenoxy) is 2. The topological polar surface area (TPSA) is 115 Å². The summed E-state index contributed by atoms with van der Waals surface area (Å²) in [6.07, 6.45) is 3.42. The highest BCUT2D eigenvalue weighted by Crippen LogP contribution is 2.29. The monoisotopic (exact) mass is 506 g/mol. The Balaban J connectivity index is 0.00000324. The molecular weight excluding hydrogens is 476 g/mol. The van der Waals surface area contributed by atoms with E-state index in [9.17, 15) is 13.5 Å². The fraction of sp³-hybridized carbons (Fsp3) is 0.435. The van der Waals surface area contributed by atoms with Gasteiger partial charge in [-0.05, 0) is 17.5 Å². The summed E-state index contributed by atoms with van der Waals surface area (Å²) in [6, 6.07) is 9.43. The molecule has 0 radical (unpaired) electrons. The molecule has 0 spiro atoms. The molecule has 9 nitrogen and oxygen atoms in total. The first-order valence-electron chi connectivity index (χ1n) is 10.8. The van der Waals surface area contributed by atoms with E-state index in [2.05, 4.69) is 15.0 Å². The third-order valence-corrected chi connectivity index (χ3v) is 6.85. The van der Waals surface area contributed by atoms with Crippen molar-refractivity contribution in [1.82, 2.24) is 19.3 Å². The highest BCUT2D eigenvalue weighted by Gasteiger charge is 2.27. The number of fused-ring (bicyclic) bond motifs is 1. The Bertz CT molecular complexity index is 1220. The van der Waals surface area contributed by atoms with Crippen molar-refractivity contribution < 1.29 is 23.0 Å². The lowest BCUT2D eigenvalue weighted by Gasteiger charge is -2.30. The van der Waals surface area contributed by atoms with Crippen LogP contribution in [0.4, 0.5) is 0 Å². The molecular formula is C23H30N4O5S2. The second-order valence-electron chi connectivity index (χ2n) is 8.47. The molecule has 0 aliphatic carbocycles. The quantitative estimate of drug-likeness (QED) is 0.520. The zero-order valence-corrected chi connectivity index (χ0v) is 21.2. The SMILES string of the molecule is CC(C)C(O)c1ccc(-c2cc3nccnc3c(OC[C@@H]3CN(S(C)(=O)=O)CCO3)n2)cc1.S. The smallest absolute Gasteiger partial charge is 0.242 e. The first-order valence-corrected chi connectivity index (χ1v) is 12.7. The lowest BCUT2D eigenvalue weighted by atomic mass is 9.97. The van der Waals surface area contributed by atoms with Gasteiger partial charge < -0.3 is 14.6 Å². The van der Waals surface area contributed by atoms with Crippen molar-refractivity contribution in [3.05, 3.63) is 48.3 Å². The first kappa shape index (κ1) is 26.3. The van der Waals surface area contributed by atoms with Crippen LogP contribution in [-0.2, 0) is 14.8 Å². The molecule has 11 heteroatoms. The zero-order chi connectivity index (χ0) is 23.6. The van der Waals surface area contributed by atoms with E-state index < -0.39 is 22.2 Å². The predicted molar refractivity (Wildman–Crippen MR) is 135 cm³/mol. The molecule has 1 unspecified atom stereocenters. The normalized spacial score (nSPS) is 18.0. The molecule has 1 N–H and O–H groups in total. The Morgan fingerprint density at radius 3 is 2.59 bits per heavy atom. The minimum atomic E-state index is -3.29. The molecule has 1 aromatic carbocycles. The van der Waals surface area contributed by atoms with Gasteiger partial charge in [-0.25, -0.2) is 18.4 Å². The minimum absolute atomic E-state index is 0. The number of rotatable bonds is 7. The summed E-state index contributed by atoms with van der Waals surface area (Å²) in [6.45, 7) is 4.94. The third kappa shape index (κ3) is 6.02. The van der Waals surface area contributed by atoms with Crippen LogP contribution in [0.15, 0.2) is 42.7 Å². The molecule has 34 heavy (non-hydrogen) atoms. The maximum atomic E-state index is 11.9. The van der Waals surface area contributed by atoms with Gasteiger partial charge in [0.1, 0.15) is 12.7 Å². The second-order valence-corrected chi connectivity index (χ2v) is 10.5. The summed E-state index contributed by atoms with van der Waals surface area (Å²) in [5.41, 5.74) is 3.50. The summed E-state index contributed by atoms with van der Waals surface area (Å²) >= 11 is 0. The van der Waals surface area contributed by atoms with Crippen LogP contribution in [0.5, 0.6) is 5.88 Å². The second kappa shape index (κ2) is 11.0. The number of hydrogen-bond donors (Lipinski definition) is 1. The number of pyridine rings is 1. The molecule has 1 fully saturated rings. The number of benzene rings is 1. The summed E-state index contributed by atoms with van der Waals surface area (Å²) in [7, 11) is -3.29. The first-order chi connectivity index (χ1) is 15.7. The maximum absolute atomic E-state index is 11.9. The van der Waals surface area contributed by atoms with Crippen molar-refractivity contribution in [3.8, 4) is 17.1 Å². The number of morpholine rings is 1. The molecule has 0 saturated carbocycles. The molecule has 3 heterocycles. The molecule has 4 rings (SSSR count). The Kier molecular flexibility index (Phi) is 8.47. The van der Waals surface area contributed by atoms with E-state index in [0.29, 0.717) is 35.8 Å². The van der Waals surface area contributed by atoms with Crippen LogP contribution >= 0.6 is 13.5 Å². The van der Waals surface area contributed by atoms with Crippen molar-refractivity contribution in [2.45, 2.75) is 26.1 Å². The summed E-state index contributed by atoms with van der Waals surface area (Å²) in [4.78, 5) is 13.4. The molecule has 1 saturated heterocycles. The number of nitrogens with zero attached hydrogens (tertiary/aromatic N) is 4. The van der Waals surface area contributed by atoms with E-state index in [-0.39, 0.29) is 32.6 Å². The van der Waals surface area contributed by atoms with Gasteiger partial charge in [0.2, 0.25) is 15.9 Å². The lowest BCUT2D eigenvalue weighted by Crippen LogP contribution is -2.47. The van der Waals surface area contributed by atoms with Crippen LogP contribution in [0.2, 0.25) is 0 Å². The van der Waals surface area contributed by atoms with E-state index in [1.807, 2.05) is 44.2 Å². The number of aliphatic hydroxyl groups is 1. The van der Waals surface area contributed by atoms with Gasteiger partial charge in [0.05, 0.1) is 30.2 Å². The number of aliphatic hydroxyl groups excluding tert-OH is 1. The highest BCUT2D eigenvalue weighted by molar-refractivity contribution is 7.88. The summed E-state index contributed by atoms with van der Waals surface area (Å²) in [5.74, 6) is 0.424. The standard InChI is InChI=1S/C23H28N4O5S.H2S/c1-15(2)22(28)17-6-4-16(5-7-17)19-12-20-21(25-9-8-24-20)23(26-19)32-14-18-13-27(10-11-31-18)33(3,29)30;/h4-9,12,15,18,22,28H,10-11,13-14H2,1-3H3;1H2/t18-,22?;/m0./s1. The van der Waals surface area contributed by atoms with Gasteiger partial charge in [0, 0.05) is 31.0 Å². The molecule has 0 bridgehead atoms. The van der Waals surface area contributed by atoms with Gasteiger partial charge in [-0.1, -0.05) is 38.1 Å². The summed E-state index contributed by atoms with van der Waals surface area (Å²) in [5, 5.41) is 10.3. The van der Waals surface area contributed by atoms with Crippen LogP contribution in [0.25, 0.3) is 22.3 Å². The van der Waals surface area contributed by atoms with Gasteiger partial charge >= 0.3 is 0 Å². The number of sulfonamides is 1. The molecule has 184 valence electrons. The van der Waals surface area contributed by atoms with Crippen molar-refractivity contribution >= 4 is 34.6 Å². The van der Waals surface area contributed by atoms with Crippen molar-refractivity contribution in [2.75, 3.05) is 32.6 Å². The lowest BCUT2D eigenvalue weighted by molar-refractivity contribution is -0.0252. The van der Waals surface area contributed by atoms with Crippen LogP contribution < -0.4 is 4.74 Å². The fourth-order valence-electron chi connectivity index (χ4n) is 3.69. The molecule has 1 aliphatic rings. The zero-order valence-electron chi connectivity index (χ0n) is 19.4. The average Bonchev–Trinajstić information content (AvgIpc) is 2.81. The van der Waals surface area contributed by atoms with E-state index in [4.69, 9.17) is 9.47 Å². The molecule has 2 atom stereocenters. The van der Waals surface area contributed by atoms with Crippen molar-refractivity contribution in [2.24, 2.45) is 5.92 Å². The van der Waals surface area contributed by atoms with Crippen LogP contribution in [0, 0.1) is 5.92 Å². The third-order valence-electron chi connectivity index (χ3n) is 5.58. The molecule has 1 aliphatic heterocycles. The molecule has 0 amide bonds. The van der Waals surface area contributed by atoms with E-state index >= 15 is 0 Å². The maximum Gasteiger partial charge on any atom is 0.242 e. The van der Waals surface area contributed by atoms with Gasteiger partial charge in [-0.3, -0.25) is 4.98 Å². The Labute approximate surface area is 206 Å². The van der Waals surface area contributed by atoms with Crippen molar-refractivity contribution in [1.29, 1.82) is 0 Å². The van der Waals surface area contributed by atoms with Crippen LogP contribution in [-0.4, -0.2) is 71.4 Å². The van der Waals surface area contributed by atoms with Gasteiger partial charge in [-0.2, -0.15) is 17.8 Å². The fourth-order valence-corrected chi connectivity index (χ4v) is 4.54. The van der Waals surface area contributed by atoms with Crippen molar-refractivity contribution in [3.63, 3.8) is 0 Å². The Morgan fingerprint density at radius 2 is 1.91 bits per heavy atom. The number of aromatic nitrogens is 3. The Morgan fingerprint density at radius 1 is 1.21 bits per heavy atom.